The topological polar surface area (TPSA) is 131 Å². The third kappa shape index (κ3) is 8.62. The zero-order valence-corrected chi connectivity index (χ0v) is 19.3. The van der Waals surface area contributed by atoms with Crippen molar-refractivity contribution < 1.29 is 46.3 Å². The van der Waals surface area contributed by atoms with Gasteiger partial charge in [-0.15, -0.1) is 0 Å². The number of nitro groups is 1. The number of hydrogen-bond acceptors (Lipinski definition) is 8. The molecule has 3 rings (SSSR count). The number of ether oxygens (including phenoxy) is 2. The summed E-state index contributed by atoms with van der Waals surface area (Å²) in [7, 11) is 0. The number of benzene rings is 2. The lowest BCUT2D eigenvalue weighted by molar-refractivity contribution is -0.384. The third-order valence-electron chi connectivity index (χ3n) is 3.87. The molecule has 0 aliphatic rings. The van der Waals surface area contributed by atoms with Crippen LogP contribution in [0.1, 0.15) is 31.1 Å². The van der Waals surface area contributed by atoms with Crippen LogP contribution in [-0.2, 0) is 9.59 Å². The minimum absolute atomic E-state index is 0.0116. The second-order valence-corrected chi connectivity index (χ2v) is 6.64. The van der Waals surface area contributed by atoms with Gasteiger partial charge in [0.05, 0.1) is 4.92 Å². The molecule has 0 saturated carbocycles. The third-order valence-corrected chi connectivity index (χ3v) is 3.87. The van der Waals surface area contributed by atoms with Crippen LogP contribution in [0.5, 0.6) is 11.5 Å². The first-order valence-corrected chi connectivity index (χ1v) is 9.68. The van der Waals surface area contributed by atoms with Crippen molar-refractivity contribution in [1.29, 1.82) is 0 Å². The second kappa shape index (κ2) is 13.3. The van der Waals surface area contributed by atoms with E-state index in [1.54, 1.807) is 12.4 Å². The molecule has 0 fully saturated rings. The van der Waals surface area contributed by atoms with Crippen LogP contribution in [0.2, 0.25) is 0 Å². The van der Waals surface area contributed by atoms with Gasteiger partial charge in [-0.2, -0.15) is 8.78 Å². The van der Waals surface area contributed by atoms with Crippen LogP contribution in [0, 0.1) is 40.3 Å². The van der Waals surface area contributed by atoms with Gasteiger partial charge in [0.2, 0.25) is 23.3 Å². The Hall–Kier alpha value is -4.62. The van der Waals surface area contributed by atoms with Crippen molar-refractivity contribution >= 4 is 23.5 Å². The number of hydrogen-bond donors (Lipinski definition) is 0. The number of aromatic nitrogens is 2. The molecule has 36 heavy (non-hydrogen) atoms. The zero-order valence-electron chi connectivity index (χ0n) is 19.3. The van der Waals surface area contributed by atoms with Crippen LogP contribution in [0.3, 0.4) is 0 Å². The molecule has 0 spiro atoms. The maximum absolute atomic E-state index is 13.0. The van der Waals surface area contributed by atoms with Crippen molar-refractivity contribution in [3.8, 4) is 11.5 Å². The molecule has 0 N–H and O–H groups in total. The molecule has 0 atom stereocenters. The molecule has 0 aliphatic heterocycles. The number of nitro benzene ring substituents is 1. The summed E-state index contributed by atoms with van der Waals surface area (Å²) in [5.41, 5.74) is -0.836. The molecule has 0 saturated heterocycles. The van der Waals surface area contributed by atoms with E-state index in [9.17, 15) is 42.1 Å². The summed E-state index contributed by atoms with van der Waals surface area (Å²) in [4.78, 5) is 44.7. The molecular formula is C22H19F4N3O7. The Morgan fingerprint density at radius 3 is 1.72 bits per heavy atom. The minimum atomic E-state index is -1.72. The summed E-state index contributed by atoms with van der Waals surface area (Å²) in [5.74, 6) is -9.19. The van der Waals surface area contributed by atoms with E-state index < -0.39 is 51.4 Å². The van der Waals surface area contributed by atoms with E-state index in [4.69, 9.17) is 0 Å². The van der Waals surface area contributed by atoms with Crippen LogP contribution < -0.4 is 9.47 Å². The first-order valence-electron chi connectivity index (χ1n) is 9.68. The summed E-state index contributed by atoms with van der Waals surface area (Å²) in [6.07, 6.45) is 4.66. The Balaban J connectivity index is 0.000000282. The zero-order chi connectivity index (χ0) is 27.6. The molecular weight excluding hydrogens is 494 g/mol. The Kier molecular flexibility index (Phi) is 10.9. The van der Waals surface area contributed by atoms with Crippen molar-refractivity contribution in [3.63, 3.8) is 0 Å². The van der Waals surface area contributed by atoms with Gasteiger partial charge in [0, 0.05) is 50.9 Å². The highest BCUT2D eigenvalue weighted by molar-refractivity contribution is 5.75. The first-order chi connectivity index (χ1) is 16.8. The van der Waals surface area contributed by atoms with Gasteiger partial charge in [-0.3, -0.25) is 29.1 Å². The van der Waals surface area contributed by atoms with Gasteiger partial charge in [0.15, 0.2) is 11.6 Å². The number of esters is 2. The average Bonchev–Trinajstić information content (AvgIpc) is 3.35. The van der Waals surface area contributed by atoms with Gasteiger partial charge in [0.25, 0.3) is 5.69 Å². The molecule has 0 amide bonds. The number of carbonyl (C=O) groups is 3. The second-order valence-electron chi connectivity index (χ2n) is 6.64. The van der Waals surface area contributed by atoms with Gasteiger partial charge < -0.3 is 9.47 Å². The van der Waals surface area contributed by atoms with E-state index in [2.05, 4.69) is 14.5 Å². The number of nitrogens with zero attached hydrogens (tertiary/aromatic N) is 3. The van der Waals surface area contributed by atoms with E-state index in [0.717, 1.165) is 13.8 Å². The quantitative estimate of drug-likeness (QED) is 0.125. The Labute approximate surface area is 201 Å². The van der Waals surface area contributed by atoms with Gasteiger partial charge in [-0.25, -0.2) is 13.8 Å². The molecule has 3 aromatic rings. The molecule has 0 bridgehead atoms. The first kappa shape index (κ1) is 29.4. The van der Waals surface area contributed by atoms with Gasteiger partial charge >= 0.3 is 11.9 Å². The van der Waals surface area contributed by atoms with E-state index in [1.807, 2.05) is 0 Å². The molecule has 14 heteroatoms. The lowest BCUT2D eigenvalue weighted by atomic mass is 10.2. The van der Waals surface area contributed by atoms with Crippen molar-refractivity contribution in [2.75, 3.05) is 0 Å². The maximum atomic E-state index is 13.0. The predicted octanol–water partition coefficient (Wildman–Crippen LogP) is 4.54. The average molecular weight is 513 g/mol. The van der Waals surface area contributed by atoms with E-state index in [-0.39, 0.29) is 11.6 Å². The van der Waals surface area contributed by atoms with Crippen LogP contribution in [0.25, 0.3) is 0 Å². The summed E-state index contributed by atoms with van der Waals surface area (Å²) in [6, 6.07) is 5.30. The molecule has 0 radical (unpaired) electrons. The van der Waals surface area contributed by atoms with Crippen LogP contribution in [0.15, 0.2) is 43.0 Å². The monoisotopic (exact) mass is 513 g/mol. The van der Waals surface area contributed by atoms with Crippen molar-refractivity contribution in [2.24, 2.45) is 0 Å². The molecule has 1 aromatic heterocycles. The number of rotatable bonds is 3. The molecule has 192 valence electrons. The SMILES string of the molecule is CC(=O)Oc1c(F)c(F)c(C)c(F)c1F.CC(=O)Oc1ccc([N+](=O)[O-])cc1.CC(=O)n1ccnc1. The van der Waals surface area contributed by atoms with E-state index in [1.165, 1.54) is 49.0 Å². The fourth-order valence-corrected chi connectivity index (χ4v) is 2.20. The van der Waals surface area contributed by atoms with E-state index in [0.29, 0.717) is 5.75 Å². The van der Waals surface area contributed by atoms with Gasteiger partial charge in [0.1, 0.15) is 12.1 Å². The minimum Gasteiger partial charge on any atom is -0.427 e. The fraction of sp³-hybridized carbons (Fsp3) is 0.182. The van der Waals surface area contributed by atoms with Crippen LogP contribution >= 0.6 is 0 Å². The molecule has 2 aromatic carbocycles. The highest BCUT2D eigenvalue weighted by atomic mass is 19.2. The molecule has 0 unspecified atom stereocenters. The van der Waals surface area contributed by atoms with Crippen molar-refractivity contribution in [3.05, 3.63) is 81.9 Å². The number of non-ortho nitro benzene ring substituents is 1. The summed E-state index contributed by atoms with van der Waals surface area (Å²) in [5, 5.41) is 10.2. The largest absolute Gasteiger partial charge is 0.427 e. The predicted molar refractivity (Wildman–Crippen MR) is 115 cm³/mol. The summed E-state index contributed by atoms with van der Waals surface area (Å²) < 4.78 is 62.0. The number of carbonyl (C=O) groups excluding carboxylic acids is 3. The maximum Gasteiger partial charge on any atom is 0.308 e. The van der Waals surface area contributed by atoms with Crippen LogP contribution in [-0.4, -0.2) is 32.3 Å². The Bertz CT molecular complexity index is 1220. The lowest BCUT2D eigenvalue weighted by Crippen LogP contribution is -2.09. The smallest absolute Gasteiger partial charge is 0.308 e. The van der Waals surface area contributed by atoms with Crippen molar-refractivity contribution in [2.45, 2.75) is 27.7 Å². The van der Waals surface area contributed by atoms with Gasteiger partial charge in [-0.1, -0.05) is 0 Å². The fourth-order valence-electron chi connectivity index (χ4n) is 2.20. The van der Waals surface area contributed by atoms with Gasteiger partial charge in [-0.05, 0) is 19.1 Å². The summed E-state index contributed by atoms with van der Waals surface area (Å²) >= 11 is 0. The highest BCUT2D eigenvalue weighted by Crippen LogP contribution is 2.29. The molecule has 10 nitrogen and oxygen atoms in total. The van der Waals surface area contributed by atoms with E-state index >= 15 is 0 Å². The Morgan fingerprint density at radius 2 is 1.39 bits per heavy atom. The van der Waals surface area contributed by atoms with Crippen LogP contribution in [0.4, 0.5) is 23.2 Å². The number of halogens is 4. The Morgan fingerprint density at radius 1 is 0.889 bits per heavy atom. The summed E-state index contributed by atoms with van der Waals surface area (Å²) in [6.45, 7) is 4.48. The standard InChI is InChI=1S/C9H6F4O2.C8H7NO4.C5H6N2O/c1-3-5(10)7(12)9(15-4(2)14)8(13)6(3)11;1-6(10)13-8-4-2-7(3-5-8)9(11)12;1-5(8)7-3-2-6-4-7/h1-2H3;2-5H,1H3;2-4H,1H3. The normalized spacial score (nSPS) is 9.67. The lowest BCUT2D eigenvalue weighted by Gasteiger charge is -2.08. The number of imidazole rings is 1. The molecule has 0 aliphatic carbocycles. The van der Waals surface area contributed by atoms with Crippen molar-refractivity contribution in [1.82, 2.24) is 9.55 Å². The molecule has 1 heterocycles. The highest BCUT2D eigenvalue weighted by Gasteiger charge is 2.25.